The first-order valence-corrected chi connectivity index (χ1v) is 7.23. The number of anilines is 1. The highest BCUT2D eigenvalue weighted by molar-refractivity contribution is 7.89. The van der Waals surface area contributed by atoms with Crippen molar-refractivity contribution in [1.29, 1.82) is 0 Å². The Morgan fingerprint density at radius 1 is 1.25 bits per heavy atom. The van der Waals surface area contributed by atoms with Crippen molar-refractivity contribution in [2.45, 2.75) is 24.1 Å². The van der Waals surface area contributed by atoms with Gasteiger partial charge in [-0.2, -0.15) is 13.2 Å². The third-order valence-corrected chi connectivity index (χ3v) is 3.94. The predicted molar refractivity (Wildman–Crippen MR) is 67.9 cm³/mol. The SMILES string of the molecule is CCNS(=O)(=O)c1ccc(NCC(O)C(F)(F)F)cc1. The van der Waals surface area contributed by atoms with Crippen LogP contribution in [0.4, 0.5) is 18.9 Å². The summed E-state index contributed by atoms with van der Waals surface area (Å²) in [5.41, 5.74) is 0.281. The fourth-order valence-corrected chi connectivity index (χ4v) is 2.40. The third kappa shape index (κ3) is 4.66. The van der Waals surface area contributed by atoms with Gasteiger partial charge in [-0.05, 0) is 24.3 Å². The number of aliphatic hydroxyl groups is 1. The molecule has 1 rings (SSSR count). The molecule has 0 saturated heterocycles. The van der Waals surface area contributed by atoms with Gasteiger partial charge < -0.3 is 10.4 Å². The lowest BCUT2D eigenvalue weighted by Crippen LogP contribution is -2.35. The minimum atomic E-state index is -4.69. The molecule has 1 aromatic rings. The van der Waals surface area contributed by atoms with Crippen molar-refractivity contribution >= 4 is 15.7 Å². The molecule has 0 spiro atoms. The Labute approximate surface area is 114 Å². The van der Waals surface area contributed by atoms with Gasteiger partial charge in [0.05, 0.1) is 4.90 Å². The number of alkyl halides is 3. The number of benzene rings is 1. The van der Waals surface area contributed by atoms with Gasteiger partial charge in [0.15, 0.2) is 6.10 Å². The molecule has 9 heteroatoms. The zero-order valence-electron chi connectivity index (χ0n) is 10.6. The van der Waals surface area contributed by atoms with Gasteiger partial charge in [0, 0.05) is 18.8 Å². The van der Waals surface area contributed by atoms with Gasteiger partial charge in [0.2, 0.25) is 10.0 Å². The van der Waals surface area contributed by atoms with E-state index in [1.54, 1.807) is 6.92 Å². The van der Waals surface area contributed by atoms with Crippen LogP contribution < -0.4 is 10.0 Å². The summed E-state index contributed by atoms with van der Waals surface area (Å²) in [5, 5.41) is 11.2. The average molecular weight is 312 g/mol. The molecule has 1 atom stereocenters. The summed E-state index contributed by atoms with van der Waals surface area (Å²) in [4.78, 5) is 0.0151. The molecule has 0 amide bonds. The fourth-order valence-electron chi connectivity index (χ4n) is 1.36. The van der Waals surface area contributed by atoms with Crippen molar-refractivity contribution in [1.82, 2.24) is 4.72 Å². The number of nitrogens with one attached hydrogen (secondary N) is 2. The quantitative estimate of drug-likeness (QED) is 0.740. The van der Waals surface area contributed by atoms with Crippen molar-refractivity contribution in [3.05, 3.63) is 24.3 Å². The maximum absolute atomic E-state index is 12.1. The number of sulfonamides is 1. The van der Waals surface area contributed by atoms with Crippen molar-refractivity contribution in [3.8, 4) is 0 Å². The van der Waals surface area contributed by atoms with E-state index in [9.17, 15) is 21.6 Å². The first-order valence-electron chi connectivity index (χ1n) is 5.75. The van der Waals surface area contributed by atoms with Crippen molar-refractivity contribution in [2.24, 2.45) is 0 Å². The van der Waals surface area contributed by atoms with E-state index in [0.29, 0.717) is 0 Å². The van der Waals surface area contributed by atoms with Gasteiger partial charge in [0.1, 0.15) is 0 Å². The Morgan fingerprint density at radius 2 is 1.80 bits per heavy atom. The van der Waals surface area contributed by atoms with E-state index in [0.717, 1.165) is 0 Å². The second-order valence-corrected chi connectivity index (χ2v) is 5.73. The molecule has 0 aliphatic heterocycles. The van der Waals surface area contributed by atoms with E-state index < -0.39 is 28.8 Å². The molecule has 1 aromatic carbocycles. The molecular weight excluding hydrogens is 297 g/mol. The number of aliphatic hydroxyl groups excluding tert-OH is 1. The number of halogens is 3. The van der Waals surface area contributed by atoms with Crippen LogP contribution in [-0.4, -0.2) is 38.9 Å². The average Bonchev–Trinajstić information content (AvgIpc) is 2.35. The van der Waals surface area contributed by atoms with Crippen molar-refractivity contribution in [3.63, 3.8) is 0 Å². The minimum absolute atomic E-state index is 0.0151. The summed E-state index contributed by atoms with van der Waals surface area (Å²) >= 11 is 0. The zero-order valence-corrected chi connectivity index (χ0v) is 11.4. The number of rotatable bonds is 6. The molecule has 0 aliphatic rings. The van der Waals surface area contributed by atoms with Gasteiger partial charge in [-0.3, -0.25) is 0 Å². The summed E-state index contributed by atoms with van der Waals surface area (Å²) in [7, 11) is -3.59. The van der Waals surface area contributed by atoms with Crippen molar-refractivity contribution in [2.75, 3.05) is 18.4 Å². The van der Waals surface area contributed by atoms with Gasteiger partial charge in [-0.15, -0.1) is 0 Å². The molecule has 20 heavy (non-hydrogen) atoms. The first kappa shape index (κ1) is 16.7. The Bertz CT molecular complexity index is 529. The maximum Gasteiger partial charge on any atom is 0.416 e. The highest BCUT2D eigenvalue weighted by Crippen LogP contribution is 2.21. The molecule has 0 heterocycles. The van der Waals surface area contributed by atoms with Crippen LogP contribution in [0.5, 0.6) is 0 Å². The molecule has 114 valence electrons. The molecule has 5 nitrogen and oxygen atoms in total. The van der Waals surface area contributed by atoms with Crippen LogP contribution in [0.2, 0.25) is 0 Å². The fraction of sp³-hybridized carbons (Fsp3) is 0.455. The standard InChI is InChI=1S/C11H15F3N2O3S/c1-2-16-20(18,19)9-5-3-8(4-6-9)15-7-10(17)11(12,13)14/h3-6,10,15-17H,2,7H2,1H3. The van der Waals surface area contributed by atoms with E-state index in [4.69, 9.17) is 5.11 Å². The van der Waals surface area contributed by atoms with Gasteiger partial charge in [0.25, 0.3) is 0 Å². The third-order valence-electron chi connectivity index (χ3n) is 2.38. The highest BCUT2D eigenvalue weighted by Gasteiger charge is 2.37. The van der Waals surface area contributed by atoms with Gasteiger partial charge in [-0.1, -0.05) is 6.92 Å². The predicted octanol–water partition coefficient (Wildman–Crippen LogP) is 1.32. The summed E-state index contributed by atoms with van der Waals surface area (Å²) in [6.07, 6.45) is -7.17. The normalized spacial score (nSPS) is 14.1. The molecule has 0 saturated carbocycles. The van der Waals surface area contributed by atoms with E-state index in [1.807, 2.05) is 0 Å². The van der Waals surface area contributed by atoms with Gasteiger partial charge in [-0.25, -0.2) is 13.1 Å². The van der Waals surface area contributed by atoms with Crippen LogP contribution >= 0.6 is 0 Å². The number of hydrogen-bond donors (Lipinski definition) is 3. The summed E-state index contributed by atoms with van der Waals surface area (Å²) in [6, 6.07) is 5.18. The summed E-state index contributed by atoms with van der Waals surface area (Å²) in [5.74, 6) is 0. The summed E-state index contributed by atoms with van der Waals surface area (Å²) < 4.78 is 61.8. The van der Waals surface area contributed by atoms with E-state index >= 15 is 0 Å². The maximum atomic E-state index is 12.1. The van der Waals surface area contributed by atoms with Crippen LogP contribution in [0.15, 0.2) is 29.2 Å². The van der Waals surface area contributed by atoms with E-state index in [-0.39, 0.29) is 17.1 Å². The lowest BCUT2D eigenvalue weighted by atomic mass is 10.3. The van der Waals surface area contributed by atoms with E-state index in [1.165, 1.54) is 24.3 Å². The molecule has 0 radical (unpaired) electrons. The lowest BCUT2D eigenvalue weighted by Gasteiger charge is -2.15. The van der Waals surface area contributed by atoms with Crippen LogP contribution in [0.1, 0.15) is 6.92 Å². The summed E-state index contributed by atoms with van der Waals surface area (Å²) in [6.45, 7) is 1.16. The molecule has 0 bridgehead atoms. The molecule has 3 N–H and O–H groups in total. The Kier molecular flexibility index (Phi) is 5.37. The highest BCUT2D eigenvalue weighted by atomic mass is 32.2. The molecule has 0 aromatic heterocycles. The molecule has 0 fully saturated rings. The minimum Gasteiger partial charge on any atom is -0.382 e. The molecular formula is C11H15F3N2O3S. The van der Waals surface area contributed by atoms with Crippen molar-refractivity contribution < 1.29 is 26.7 Å². The molecule has 1 unspecified atom stereocenters. The smallest absolute Gasteiger partial charge is 0.382 e. The van der Waals surface area contributed by atoms with Gasteiger partial charge >= 0.3 is 6.18 Å². The van der Waals surface area contributed by atoms with Crippen LogP contribution in [0.25, 0.3) is 0 Å². The Morgan fingerprint density at radius 3 is 2.25 bits per heavy atom. The number of hydrogen-bond acceptors (Lipinski definition) is 4. The topological polar surface area (TPSA) is 78.4 Å². The second kappa shape index (κ2) is 6.42. The van der Waals surface area contributed by atoms with Crippen LogP contribution in [0, 0.1) is 0 Å². The first-order chi connectivity index (χ1) is 9.16. The van der Waals surface area contributed by atoms with Crippen LogP contribution in [0.3, 0.4) is 0 Å². The largest absolute Gasteiger partial charge is 0.416 e. The zero-order chi connectivity index (χ0) is 15.4. The van der Waals surface area contributed by atoms with E-state index in [2.05, 4.69) is 10.0 Å². The van der Waals surface area contributed by atoms with Crippen LogP contribution in [-0.2, 0) is 10.0 Å². The Balaban J connectivity index is 2.69. The lowest BCUT2D eigenvalue weighted by molar-refractivity contribution is -0.198. The monoisotopic (exact) mass is 312 g/mol. The second-order valence-electron chi connectivity index (χ2n) is 3.96. The Hall–Kier alpha value is -1.32. The molecule has 0 aliphatic carbocycles.